The molecule has 0 saturated heterocycles. The maximum absolute atomic E-state index is 12.8. The molecule has 0 spiro atoms. The van der Waals surface area contributed by atoms with Gasteiger partial charge in [-0.15, -0.1) is 0 Å². The number of nitrogens with one attached hydrogen (secondary N) is 1. The van der Waals surface area contributed by atoms with E-state index in [0.29, 0.717) is 11.4 Å². The third-order valence-corrected chi connectivity index (χ3v) is 5.50. The molecule has 1 unspecified atom stereocenters. The van der Waals surface area contributed by atoms with Gasteiger partial charge in [-0.25, -0.2) is 4.79 Å². The summed E-state index contributed by atoms with van der Waals surface area (Å²) in [6.07, 6.45) is 5.27. The molecule has 1 aliphatic carbocycles. The van der Waals surface area contributed by atoms with Crippen molar-refractivity contribution in [1.29, 1.82) is 0 Å². The maximum Gasteiger partial charge on any atom is 0.334 e. The number of amidine groups is 1. The third-order valence-electron chi connectivity index (χ3n) is 5.50. The molecule has 0 bridgehead atoms. The molecule has 0 aromatic rings. The lowest BCUT2D eigenvalue weighted by molar-refractivity contribution is -0.143. The standard InChI is InChI=1S/C20H32N2O3/c1-12(2)20(6)19(24)21-17(22-20)14(5)16(18(23)25-13(3)4)15-10-8-7-9-11-15/h12-13,15H,7-11H2,1-6H3,(H,21,22,24)/b16-14+. The van der Waals surface area contributed by atoms with Crippen LogP contribution in [-0.4, -0.2) is 29.4 Å². The molecule has 1 saturated carbocycles. The van der Waals surface area contributed by atoms with Gasteiger partial charge in [0.05, 0.1) is 6.10 Å². The fourth-order valence-electron chi connectivity index (χ4n) is 3.54. The molecule has 2 rings (SSSR count). The molecule has 1 amide bonds. The zero-order valence-electron chi connectivity index (χ0n) is 16.4. The Hall–Kier alpha value is -1.65. The smallest absolute Gasteiger partial charge is 0.334 e. The second kappa shape index (κ2) is 7.71. The van der Waals surface area contributed by atoms with Crippen LogP contribution in [0.25, 0.3) is 0 Å². The maximum atomic E-state index is 12.8. The predicted molar refractivity (Wildman–Crippen MR) is 99.3 cm³/mol. The van der Waals surface area contributed by atoms with Crippen molar-refractivity contribution >= 4 is 17.7 Å². The van der Waals surface area contributed by atoms with Crippen LogP contribution in [0.1, 0.15) is 73.6 Å². The minimum atomic E-state index is -0.782. The van der Waals surface area contributed by atoms with Crippen molar-refractivity contribution in [2.24, 2.45) is 16.8 Å². The lowest BCUT2D eigenvalue weighted by atomic mass is 9.81. The number of carbonyl (C=O) groups excluding carboxylic acids is 2. The van der Waals surface area contributed by atoms with E-state index in [1.807, 2.05) is 41.5 Å². The minimum absolute atomic E-state index is 0.0820. The highest BCUT2D eigenvalue weighted by atomic mass is 16.5. The van der Waals surface area contributed by atoms with Crippen LogP contribution in [0, 0.1) is 11.8 Å². The summed E-state index contributed by atoms with van der Waals surface area (Å²) in [5.41, 5.74) is 0.673. The highest BCUT2D eigenvalue weighted by Crippen LogP contribution is 2.34. The first kappa shape index (κ1) is 19.7. The van der Waals surface area contributed by atoms with Gasteiger partial charge in [-0.3, -0.25) is 9.79 Å². The van der Waals surface area contributed by atoms with Crippen LogP contribution in [0.15, 0.2) is 16.1 Å². The summed E-state index contributed by atoms with van der Waals surface area (Å²) in [6, 6.07) is 0. The van der Waals surface area contributed by atoms with Gasteiger partial charge in [0.2, 0.25) is 0 Å². The molecule has 1 aliphatic heterocycles. The molecule has 5 heteroatoms. The monoisotopic (exact) mass is 348 g/mol. The van der Waals surface area contributed by atoms with Gasteiger partial charge < -0.3 is 10.1 Å². The zero-order valence-corrected chi connectivity index (χ0v) is 16.4. The lowest BCUT2D eigenvalue weighted by Gasteiger charge is -2.26. The molecule has 1 N–H and O–H groups in total. The Morgan fingerprint density at radius 3 is 2.28 bits per heavy atom. The Kier molecular flexibility index (Phi) is 6.07. The van der Waals surface area contributed by atoms with E-state index in [-0.39, 0.29) is 29.8 Å². The van der Waals surface area contributed by atoms with Crippen LogP contribution >= 0.6 is 0 Å². The first-order chi connectivity index (χ1) is 11.7. The highest BCUT2D eigenvalue weighted by Gasteiger charge is 2.43. The van der Waals surface area contributed by atoms with Gasteiger partial charge in [0, 0.05) is 11.1 Å². The number of nitrogens with zero attached hydrogens (tertiary/aromatic N) is 1. The number of ether oxygens (including phenoxy) is 1. The van der Waals surface area contributed by atoms with Crippen molar-refractivity contribution in [1.82, 2.24) is 5.32 Å². The van der Waals surface area contributed by atoms with Gasteiger partial charge in [-0.1, -0.05) is 33.1 Å². The minimum Gasteiger partial charge on any atom is -0.460 e. The summed E-state index contributed by atoms with van der Waals surface area (Å²) in [5, 5.41) is 2.90. The molecule has 1 heterocycles. The first-order valence-electron chi connectivity index (χ1n) is 9.50. The van der Waals surface area contributed by atoms with Gasteiger partial charge in [-0.2, -0.15) is 0 Å². The zero-order chi connectivity index (χ0) is 18.8. The van der Waals surface area contributed by atoms with Gasteiger partial charge >= 0.3 is 5.97 Å². The number of amides is 1. The second-order valence-electron chi connectivity index (χ2n) is 8.04. The number of esters is 1. The molecular weight excluding hydrogens is 316 g/mol. The largest absolute Gasteiger partial charge is 0.460 e. The molecule has 0 aromatic heterocycles. The summed E-state index contributed by atoms with van der Waals surface area (Å²) in [5.74, 6) is 0.429. The van der Waals surface area contributed by atoms with Crippen molar-refractivity contribution in [2.75, 3.05) is 0 Å². The predicted octanol–water partition coefficient (Wildman–Crippen LogP) is 3.78. The number of aliphatic imine (C=N–C) groups is 1. The second-order valence-corrected chi connectivity index (χ2v) is 8.04. The molecule has 5 nitrogen and oxygen atoms in total. The lowest BCUT2D eigenvalue weighted by Crippen LogP contribution is -2.41. The Morgan fingerprint density at radius 1 is 1.20 bits per heavy atom. The number of carbonyl (C=O) groups is 2. The van der Waals surface area contributed by atoms with E-state index < -0.39 is 5.54 Å². The van der Waals surface area contributed by atoms with E-state index in [2.05, 4.69) is 10.3 Å². The van der Waals surface area contributed by atoms with E-state index in [1.165, 1.54) is 6.42 Å². The molecule has 0 radical (unpaired) electrons. The molecule has 0 aromatic carbocycles. The summed E-state index contributed by atoms with van der Waals surface area (Å²) in [4.78, 5) is 29.9. The van der Waals surface area contributed by atoms with Crippen molar-refractivity contribution in [3.8, 4) is 0 Å². The average molecular weight is 348 g/mol. The van der Waals surface area contributed by atoms with Crippen LogP contribution in [0.3, 0.4) is 0 Å². The molecule has 25 heavy (non-hydrogen) atoms. The quantitative estimate of drug-likeness (QED) is 0.607. The molecule has 140 valence electrons. The van der Waals surface area contributed by atoms with Crippen molar-refractivity contribution in [2.45, 2.75) is 85.3 Å². The molecular formula is C20H32N2O3. The average Bonchev–Trinajstić information content (AvgIpc) is 2.85. The molecule has 2 aliphatic rings. The fraction of sp³-hybridized carbons (Fsp3) is 0.750. The highest BCUT2D eigenvalue weighted by molar-refractivity contribution is 6.17. The number of hydrogen-bond donors (Lipinski definition) is 1. The molecule has 1 atom stereocenters. The Labute approximate surface area is 151 Å². The normalized spacial score (nSPS) is 25.8. The van der Waals surface area contributed by atoms with Crippen LogP contribution < -0.4 is 5.32 Å². The van der Waals surface area contributed by atoms with Crippen LogP contribution in [0.5, 0.6) is 0 Å². The Morgan fingerprint density at radius 2 is 1.80 bits per heavy atom. The van der Waals surface area contributed by atoms with Crippen LogP contribution in [-0.2, 0) is 14.3 Å². The molecule has 1 fully saturated rings. The SMILES string of the molecule is C/C(C1=NC(C)(C(C)C)C(=O)N1)=C(\C(=O)OC(C)C)C1CCCCC1. The van der Waals surface area contributed by atoms with Crippen LogP contribution in [0.4, 0.5) is 0 Å². The summed E-state index contributed by atoms with van der Waals surface area (Å²) in [6.45, 7) is 11.4. The van der Waals surface area contributed by atoms with Crippen molar-refractivity contribution in [3.63, 3.8) is 0 Å². The summed E-state index contributed by atoms with van der Waals surface area (Å²) < 4.78 is 5.51. The van der Waals surface area contributed by atoms with Crippen molar-refractivity contribution in [3.05, 3.63) is 11.1 Å². The van der Waals surface area contributed by atoms with Gasteiger partial charge in [-0.05, 0) is 52.4 Å². The Bertz CT molecular complexity index is 598. The van der Waals surface area contributed by atoms with Gasteiger partial charge in [0.25, 0.3) is 5.91 Å². The Balaban J connectivity index is 2.43. The summed E-state index contributed by atoms with van der Waals surface area (Å²) in [7, 11) is 0. The van der Waals surface area contributed by atoms with Gasteiger partial charge in [0.15, 0.2) is 0 Å². The van der Waals surface area contributed by atoms with E-state index in [9.17, 15) is 9.59 Å². The first-order valence-corrected chi connectivity index (χ1v) is 9.50. The number of rotatable bonds is 5. The van der Waals surface area contributed by atoms with Gasteiger partial charge in [0.1, 0.15) is 11.4 Å². The third kappa shape index (κ3) is 4.13. The van der Waals surface area contributed by atoms with E-state index in [1.54, 1.807) is 0 Å². The summed E-state index contributed by atoms with van der Waals surface area (Å²) >= 11 is 0. The number of hydrogen-bond acceptors (Lipinski definition) is 4. The van der Waals surface area contributed by atoms with Crippen molar-refractivity contribution < 1.29 is 14.3 Å². The fourth-order valence-corrected chi connectivity index (χ4v) is 3.54. The van der Waals surface area contributed by atoms with E-state index in [0.717, 1.165) is 31.3 Å². The topological polar surface area (TPSA) is 67.8 Å². The van der Waals surface area contributed by atoms with E-state index >= 15 is 0 Å². The van der Waals surface area contributed by atoms with Crippen LogP contribution in [0.2, 0.25) is 0 Å². The van der Waals surface area contributed by atoms with E-state index in [4.69, 9.17) is 4.74 Å².